The molecular weight excluding hydrogens is 460 g/mol. The van der Waals surface area contributed by atoms with Crippen LogP contribution in [0, 0.1) is 5.92 Å². The highest BCUT2D eigenvalue weighted by molar-refractivity contribution is 5.82. The molecule has 1 aromatic rings. The summed E-state index contributed by atoms with van der Waals surface area (Å²) < 4.78 is 55.1. The van der Waals surface area contributed by atoms with Gasteiger partial charge in [-0.1, -0.05) is 45.7 Å². The van der Waals surface area contributed by atoms with Crippen LogP contribution >= 0.6 is 0 Å². The van der Waals surface area contributed by atoms with Gasteiger partial charge in [0, 0.05) is 48.5 Å². The zero-order valence-electron chi connectivity index (χ0n) is 20.4. The van der Waals surface area contributed by atoms with E-state index >= 15 is 0 Å². The number of likely N-dealkylation sites (N-methyl/N-ethyl adjacent to an activating group) is 1. The van der Waals surface area contributed by atoms with Crippen LogP contribution in [0.2, 0.25) is 0 Å². The summed E-state index contributed by atoms with van der Waals surface area (Å²) in [6.45, 7) is 15.6. The second kappa shape index (κ2) is 12.0. The van der Waals surface area contributed by atoms with Crippen LogP contribution in [0.4, 0.5) is 17.6 Å². The monoisotopic (exact) mass is 492 g/mol. The molecule has 0 unspecified atom stereocenters. The number of rotatable bonds is 10. The third-order valence-corrected chi connectivity index (χ3v) is 5.32. The van der Waals surface area contributed by atoms with Gasteiger partial charge in [0.15, 0.2) is 0 Å². The van der Waals surface area contributed by atoms with E-state index in [1.807, 2.05) is 18.7 Å². The van der Waals surface area contributed by atoms with E-state index < -0.39 is 17.4 Å². The fraction of sp³-hybridized carbons (Fsp3) is 0.385. The van der Waals surface area contributed by atoms with Crippen molar-refractivity contribution in [2.45, 2.75) is 32.9 Å². The molecule has 0 atom stereocenters. The van der Waals surface area contributed by atoms with Gasteiger partial charge in [0.25, 0.3) is 0 Å². The van der Waals surface area contributed by atoms with Crippen molar-refractivity contribution in [2.75, 3.05) is 26.7 Å². The molecule has 1 aliphatic heterocycles. The minimum absolute atomic E-state index is 0.0844. The van der Waals surface area contributed by atoms with Crippen LogP contribution in [0.5, 0.6) is 0 Å². The lowest BCUT2D eigenvalue weighted by Crippen LogP contribution is -2.30. The van der Waals surface area contributed by atoms with E-state index in [4.69, 9.17) is 0 Å². The van der Waals surface area contributed by atoms with Crippen LogP contribution in [-0.2, 0) is 4.79 Å². The molecule has 2 heterocycles. The number of halogens is 4. The van der Waals surface area contributed by atoms with Crippen molar-refractivity contribution >= 4 is 29.3 Å². The Kier molecular flexibility index (Phi) is 9.59. The lowest BCUT2D eigenvalue weighted by atomic mass is 9.98. The number of nitrogens with one attached hydrogen (secondary N) is 2. The Morgan fingerprint density at radius 1 is 1.31 bits per heavy atom. The Bertz CT molecular complexity index is 1050. The largest absolute Gasteiger partial charge is 0.417 e. The molecule has 1 aromatic heterocycles. The molecule has 0 spiro atoms. The number of hydrogen-bond acceptors (Lipinski definition) is 4. The van der Waals surface area contributed by atoms with E-state index in [1.54, 1.807) is 19.2 Å². The van der Waals surface area contributed by atoms with E-state index in [2.05, 4.69) is 35.4 Å². The number of carbonyl (C=O) groups is 1. The molecule has 0 saturated carbocycles. The highest BCUT2D eigenvalue weighted by atomic mass is 19.4. The zero-order chi connectivity index (χ0) is 26.3. The molecule has 5 nitrogen and oxygen atoms in total. The van der Waals surface area contributed by atoms with Gasteiger partial charge in [-0.2, -0.15) is 13.2 Å². The van der Waals surface area contributed by atoms with Gasteiger partial charge >= 0.3 is 6.18 Å². The summed E-state index contributed by atoms with van der Waals surface area (Å²) in [6, 6.07) is 1.54. The zero-order valence-corrected chi connectivity index (χ0v) is 20.4. The summed E-state index contributed by atoms with van der Waals surface area (Å²) in [7, 11) is 1.79. The molecule has 1 amide bonds. The Morgan fingerprint density at radius 2 is 2.00 bits per heavy atom. The van der Waals surface area contributed by atoms with Crippen LogP contribution < -0.4 is 10.6 Å². The molecule has 0 aliphatic carbocycles. The fourth-order valence-corrected chi connectivity index (χ4v) is 3.51. The van der Waals surface area contributed by atoms with E-state index in [1.165, 1.54) is 12.2 Å². The molecule has 0 bridgehead atoms. The molecule has 0 fully saturated rings. The lowest BCUT2D eigenvalue weighted by Gasteiger charge is -2.26. The first-order chi connectivity index (χ1) is 16.3. The third-order valence-electron chi connectivity index (χ3n) is 5.32. The minimum Gasteiger partial charge on any atom is -0.357 e. The molecule has 2 N–H and O–H groups in total. The van der Waals surface area contributed by atoms with E-state index in [-0.39, 0.29) is 53.3 Å². The Labute approximate surface area is 204 Å². The average Bonchev–Trinajstić information content (AvgIpc) is 2.76. The molecule has 9 heteroatoms. The van der Waals surface area contributed by atoms with Crippen LogP contribution in [0.1, 0.15) is 49.2 Å². The Balaban J connectivity index is 2.42. The van der Waals surface area contributed by atoms with Crippen LogP contribution in [0.15, 0.2) is 43.4 Å². The molecule has 1 aliphatic rings. The number of amides is 1. The molecule has 2 rings (SSSR count). The van der Waals surface area contributed by atoms with Crippen LogP contribution in [0.3, 0.4) is 0 Å². The Hall–Kier alpha value is -3.20. The number of pyridine rings is 1. The van der Waals surface area contributed by atoms with Gasteiger partial charge in [-0.25, -0.2) is 9.37 Å². The van der Waals surface area contributed by atoms with E-state index in [9.17, 15) is 22.4 Å². The summed E-state index contributed by atoms with van der Waals surface area (Å²) >= 11 is 0. The summed E-state index contributed by atoms with van der Waals surface area (Å²) in [5.41, 5.74) is -0.403. The normalized spacial score (nSPS) is 15.0. The first-order valence-electron chi connectivity index (χ1n) is 11.2. The standard InChI is InChI=1S/C26H32F4N4O/c1-7-20-21(18(5)32-23-10-12-34(6)15-22(23)27)14-19(33-25(20)17(4)26(28,29)30)9-8-11-31-24(35)13-16(2)3/h7-9,14,16,32H,1,4-5,10-13,15H2,2-3,6H3,(H,31,35)/b9-8+. The predicted octanol–water partition coefficient (Wildman–Crippen LogP) is 5.55. The second-order valence-corrected chi connectivity index (χ2v) is 8.82. The van der Waals surface area contributed by atoms with Crippen molar-refractivity contribution in [3.63, 3.8) is 0 Å². The number of carbonyl (C=O) groups excluding carboxylic acids is 1. The maximum Gasteiger partial charge on any atom is 0.417 e. The lowest BCUT2D eigenvalue weighted by molar-refractivity contribution is -0.121. The quantitative estimate of drug-likeness (QED) is 0.421. The van der Waals surface area contributed by atoms with E-state index in [0.717, 1.165) is 0 Å². The van der Waals surface area contributed by atoms with Gasteiger partial charge in [0.2, 0.25) is 5.91 Å². The number of hydrogen-bond donors (Lipinski definition) is 2. The SMILES string of the molecule is C=Cc1c(C(=C)NC2=C(F)CN(C)CC2)cc(/C=C/CNC(=O)CC(C)C)nc1C(=C)C(F)(F)F. The molecule has 0 saturated heterocycles. The van der Waals surface area contributed by atoms with Gasteiger partial charge in [-0.05, 0) is 25.1 Å². The Morgan fingerprint density at radius 3 is 2.57 bits per heavy atom. The number of aromatic nitrogens is 1. The van der Waals surface area contributed by atoms with Crippen molar-refractivity contribution < 1.29 is 22.4 Å². The van der Waals surface area contributed by atoms with E-state index in [0.29, 0.717) is 25.1 Å². The number of allylic oxidation sites excluding steroid dienone is 1. The third kappa shape index (κ3) is 7.92. The summed E-state index contributed by atoms with van der Waals surface area (Å²) in [5, 5.41) is 5.65. The molecule has 0 aromatic carbocycles. The van der Waals surface area contributed by atoms with Crippen molar-refractivity contribution in [1.82, 2.24) is 20.5 Å². The first-order valence-corrected chi connectivity index (χ1v) is 11.2. The fourth-order valence-electron chi connectivity index (χ4n) is 3.51. The summed E-state index contributed by atoms with van der Waals surface area (Å²) in [4.78, 5) is 17.8. The maximum absolute atomic E-state index is 14.4. The average molecular weight is 493 g/mol. The highest BCUT2D eigenvalue weighted by Crippen LogP contribution is 2.36. The minimum atomic E-state index is -4.72. The molecule has 0 radical (unpaired) electrons. The smallest absolute Gasteiger partial charge is 0.357 e. The number of alkyl halides is 3. The van der Waals surface area contributed by atoms with Crippen LogP contribution in [-0.4, -0.2) is 48.6 Å². The maximum atomic E-state index is 14.4. The molecule has 35 heavy (non-hydrogen) atoms. The molecular formula is C26H32F4N4O. The first kappa shape index (κ1) is 28.0. The van der Waals surface area contributed by atoms with Crippen LogP contribution in [0.25, 0.3) is 23.4 Å². The van der Waals surface area contributed by atoms with Gasteiger partial charge in [-0.15, -0.1) is 0 Å². The summed E-state index contributed by atoms with van der Waals surface area (Å²) in [6.07, 6.45) is 0.399. The van der Waals surface area contributed by atoms with Gasteiger partial charge in [0.05, 0.1) is 23.5 Å². The summed E-state index contributed by atoms with van der Waals surface area (Å²) in [5.74, 6) is -0.280. The number of nitrogens with zero attached hydrogens (tertiary/aromatic N) is 2. The topological polar surface area (TPSA) is 57.3 Å². The highest BCUT2D eigenvalue weighted by Gasteiger charge is 2.35. The van der Waals surface area contributed by atoms with Crippen molar-refractivity contribution in [2.24, 2.45) is 5.92 Å². The molecule has 190 valence electrons. The van der Waals surface area contributed by atoms with Crippen molar-refractivity contribution in [3.05, 3.63) is 65.9 Å². The van der Waals surface area contributed by atoms with Crippen molar-refractivity contribution in [3.8, 4) is 0 Å². The second-order valence-electron chi connectivity index (χ2n) is 8.82. The van der Waals surface area contributed by atoms with Gasteiger partial charge in [0.1, 0.15) is 5.83 Å². The van der Waals surface area contributed by atoms with Crippen molar-refractivity contribution in [1.29, 1.82) is 0 Å². The predicted molar refractivity (Wildman–Crippen MR) is 133 cm³/mol. The van der Waals surface area contributed by atoms with Gasteiger partial charge < -0.3 is 10.6 Å². The van der Waals surface area contributed by atoms with Gasteiger partial charge in [-0.3, -0.25) is 9.69 Å².